The number of rotatable bonds is 8. The quantitative estimate of drug-likeness (QED) is 0.488. The molecular formula is C28H37FN2O5Si. The van der Waals surface area contributed by atoms with Crippen molar-refractivity contribution >= 4 is 20.3 Å². The molecule has 2 amide bonds. The van der Waals surface area contributed by atoms with E-state index < -0.39 is 32.2 Å². The van der Waals surface area contributed by atoms with Crippen LogP contribution in [-0.4, -0.2) is 57.6 Å². The summed E-state index contributed by atoms with van der Waals surface area (Å²) in [5, 5.41) is 2.77. The van der Waals surface area contributed by atoms with Gasteiger partial charge in [0.05, 0.1) is 13.2 Å². The van der Waals surface area contributed by atoms with Crippen molar-refractivity contribution in [2.45, 2.75) is 63.9 Å². The number of benzene rings is 2. The van der Waals surface area contributed by atoms with Crippen LogP contribution in [0.3, 0.4) is 0 Å². The zero-order valence-corrected chi connectivity index (χ0v) is 23.3. The van der Waals surface area contributed by atoms with Gasteiger partial charge < -0.3 is 24.1 Å². The number of ether oxygens (including phenoxy) is 2. The lowest BCUT2D eigenvalue weighted by Crippen LogP contribution is -2.45. The molecule has 2 aliphatic rings. The zero-order valence-electron chi connectivity index (χ0n) is 22.3. The monoisotopic (exact) mass is 528 g/mol. The predicted molar refractivity (Wildman–Crippen MR) is 142 cm³/mol. The molecule has 37 heavy (non-hydrogen) atoms. The molecule has 0 unspecified atom stereocenters. The molecule has 1 N–H and O–H groups in total. The first kappa shape index (κ1) is 27.1. The number of likely N-dealkylation sites (tertiary alicyclic amines) is 1. The van der Waals surface area contributed by atoms with Gasteiger partial charge in [0.1, 0.15) is 24.2 Å². The van der Waals surface area contributed by atoms with Gasteiger partial charge in [-0.25, -0.2) is 9.18 Å². The van der Waals surface area contributed by atoms with Crippen molar-refractivity contribution in [2.75, 3.05) is 26.3 Å². The minimum Gasteiger partial charge on any atom is -0.493 e. The molecule has 2 heterocycles. The summed E-state index contributed by atoms with van der Waals surface area (Å²) in [5.41, 5.74) is 2.15. The van der Waals surface area contributed by atoms with Gasteiger partial charge in [-0.1, -0.05) is 51.1 Å². The first-order valence-corrected chi connectivity index (χ1v) is 15.7. The Kier molecular flexibility index (Phi) is 7.94. The van der Waals surface area contributed by atoms with Gasteiger partial charge in [-0.3, -0.25) is 4.79 Å². The van der Waals surface area contributed by atoms with E-state index >= 15 is 4.39 Å². The number of amides is 2. The third kappa shape index (κ3) is 6.15. The van der Waals surface area contributed by atoms with Crippen molar-refractivity contribution in [3.8, 4) is 5.75 Å². The lowest BCUT2D eigenvalue weighted by Gasteiger charge is -2.36. The summed E-state index contributed by atoms with van der Waals surface area (Å²) >= 11 is 0. The summed E-state index contributed by atoms with van der Waals surface area (Å²) in [5.74, 6) is -0.730. The van der Waals surface area contributed by atoms with Gasteiger partial charge in [0.2, 0.25) is 5.91 Å². The molecule has 2 aromatic carbocycles. The van der Waals surface area contributed by atoms with Crippen molar-refractivity contribution in [1.29, 1.82) is 0 Å². The number of halogens is 1. The lowest BCUT2D eigenvalue weighted by molar-refractivity contribution is -0.129. The molecule has 2 atom stereocenters. The van der Waals surface area contributed by atoms with Gasteiger partial charge in [0, 0.05) is 31.5 Å². The second-order valence-electron chi connectivity index (χ2n) is 11.3. The Morgan fingerprint density at radius 2 is 1.95 bits per heavy atom. The highest BCUT2D eigenvalue weighted by Gasteiger charge is 2.44. The van der Waals surface area contributed by atoms with E-state index in [9.17, 15) is 9.59 Å². The van der Waals surface area contributed by atoms with Crippen molar-refractivity contribution in [3.05, 3.63) is 65.0 Å². The van der Waals surface area contributed by atoms with E-state index in [0.717, 1.165) is 11.1 Å². The van der Waals surface area contributed by atoms with Gasteiger partial charge in [-0.15, -0.1) is 0 Å². The Morgan fingerprint density at radius 3 is 2.65 bits per heavy atom. The molecule has 7 nitrogen and oxygen atoms in total. The van der Waals surface area contributed by atoms with E-state index in [4.69, 9.17) is 13.9 Å². The molecule has 0 radical (unpaired) electrons. The Morgan fingerprint density at radius 1 is 1.22 bits per heavy atom. The number of hydrogen-bond donors (Lipinski definition) is 1. The molecule has 2 aromatic rings. The molecule has 0 saturated carbocycles. The maximum absolute atomic E-state index is 15.2. The highest BCUT2D eigenvalue weighted by atomic mass is 28.4. The molecule has 1 saturated heterocycles. The Labute approximate surface area is 219 Å². The van der Waals surface area contributed by atoms with Crippen LogP contribution in [0, 0.1) is 5.82 Å². The molecule has 4 rings (SSSR count). The average molecular weight is 529 g/mol. The van der Waals surface area contributed by atoms with E-state index in [1.54, 1.807) is 11.0 Å². The summed E-state index contributed by atoms with van der Waals surface area (Å²) < 4.78 is 32.3. The minimum atomic E-state index is -1.99. The standard InChI is InChI=1S/C28H37FN2O5Si/c1-28(2,3)37(4,5)36-14-12-31-17-22(21-15-20-11-13-34-24(20)16-23(21)29)25(26(31)32)30-27(33)35-18-19-9-7-6-8-10-19/h6-10,15-16,22,25H,11-14,17-18H2,1-5H3,(H,30,33)/t22-,25-/m0/s1. The summed E-state index contributed by atoms with van der Waals surface area (Å²) in [7, 11) is -1.99. The molecule has 0 bridgehead atoms. The summed E-state index contributed by atoms with van der Waals surface area (Å²) in [6, 6.07) is 11.5. The van der Waals surface area contributed by atoms with Crippen LogP contribution in [0.25, 0.3) is 0 Å². The molecule has 2 aliphatic heterocycles. The molecule has 0 aromatic heterocycles. The van der Waals surface area contributed by atoms with Gasteiger partial charge in [-0.05, 0) is 40.9 Å². The lowest BCUT2D eigenvalue weighted by atomic mass is 9.91. The smallest absolute Gasteiger partial charge is 0.408 e. The number of carbonyl (C=O) groups is 2. The van der Waals surface area contributed by atoms with Crippen LogP contribution >= 0.6 is 0 Å². The molecule has 1 fully saturated rings. The fourth-order valence-electron chi connectivity index (χ4n) is 4.47. The Hall–Kier alpha value is -2.91. The van der Waals surface area contributed by atoms with Crippen molar-refractivity contribution in [2.24, 2.45) is 0 Å². The van der Waals surface area contributed by atoms with E-state index in [1.165, 1.54) is 6.07 Å². The maximum Gasteiger partial charge on any atom is 0.408 e. The first-order chi connectivity index (χ1) is 17.5. The number of alkyl carbamates (subject to hydrolysis) is 1. The molecule has 0 spiro atoms. The van der Waals surface area contributed by atoms with E-state index in [-0.39, 0.29) is 24.1 Å². The van der Waals surface area contributed by atoms with Crippen LogP contribution in [0.15, 0.2) is 42.5 Å². The first-order valence-electron chi connectivity index (χ1n) is 12.8. The number of carbonyl (C=O) groups excluding carboxylic acids is 2. The van der Waals surface area contributed by atoms with Crippen LogP contribution in [-0.2, 0) is 27.0 Å². The van der Waals surface area contributed by atoms with Gasteiger partial charge >= 0.3 is 6.09 Å². The summed E-state index contributed by atoms with van der Waals surface area (Å²) in [6.07, 6.45) is -0.0265. The van der Waals surface area contributed by atoms with Crippen LogP contribution in [0.4, 0.5) is 9.18 Å². The van der Waals surface area contributed by atoms with Crippen LogP contribution < -0.4 is 10.1 Å². The minimum absolute atomic E-state index is 0.0484. The number of nitrogens with zero attached hydrogens (tertiary/aromatic N) is 1. The summed E-state index contributed by atoms with van der Waals surface area (Å²) in [4.78, 5) is 27.8. The normalized spacial score (nSPS) is 19.5. The van der Waals surface area contributed by atoms with Gasteiger partial charge in [0.25, 0.3) is 0 Å². The topological polar surface area (TPSA) is 77.1 Å². The summed E-state index contributed by atoms with van der Waals surface area (Å²) in [6.45, 7) is 12.4. The third-order valence-electron chi connectivity index (χ3n) is 7.72. The fraction of sp³-hybridized carbons (Fsp3) is 0.500. The largest absolute Gasteiger partial charge is 0.493 e. The van der Waals surface area contributed by atoms with Crippen molar-refractivity contribution in [1.82, 2.24) is 10.2 Å². The van der Waals surface area contributed by atoms with E-state index in [1.807, 2.05) is 30.3 Å². The van der Waals surface area contributed by atoms with Crippen LogP contribution in [0.1, 0.15) is 43.4 Å². The van der Waals surface area contributed by atoms with Crippen molar-refractivity contribution in [3.63, 3.8) is 0 Å². The van der Waals surface area contributed by atoms with Gasteiger partial charge in [0.15, 0.2) is 8.32 Å². The highest BCUT2D eigenvalue weighted by molar-refractivity contribution is 6.74. The van der Waals surface area contributed by atoms with Crippen LogP contribution in [0.5, 0.6) is 5.75 Å². The SMILES string of the molecule is CC(C)(C)[Si](C)(C)OCCN1C[C@@H](c2cc3c(cc2F)OCC3)[C@H](NC(=O)OCc2ccccc2)C1=O. The molecular weight excluding hydrogens is 491 g/mol. The highest BCUT2D eigenvalue weighted by Crippen LogP contribution is 2.38. The van der Waals surface area contributed by atoms with Crippen molar-refractivity contribution < 1.29 is 27.9 Å². The van der Waals surface area contributed by atoms with Gasteiger partial charge in [-0.2, -0.15) is 0 Å². The Bertz CT molecular complexity index is 1140. The number of nitrogens with one attached hydrogen (secondary N) is 1. The third-order valence-corrected chi connectivity index (χ3v) is 12.3. The average Bonchev–Trinajstić information content (AvgIpc) is 3.41. The fourth-order valence-corrected chi connectivity index (χ4v) is 5.50. The van der Waals surface area contributed by atoms with Crippen LogP contribution in [0.2, 0.25) is 18.1 Å². The predicted octanol–water partition coefficient (Wildman–Crippen LogP) is 5.00. The number of hydrogen-bond acceptors (Lipinski definition) is 5. The van der Waals surface area contributed by atoms with E-state index in [0.29, 0.717) is 37.5 Å². The maximum atomic E-state index is 15.2. The Balaban J connectivity index is 1.49. The zero-order chi connectivity index (χ0) is 26.8. The second kappa shape index (κ2) is 10.8. The molecule has 9 heteroatoms. The molecule has 0 aliphatic carbocycles. The number of fused-ring (bicyclic) bond motifs is 1. The van der Waals surface area contributed by atoms with E-state index in [2.05, 4.69) is 39.2 Å². The second-order valence-corrected chi connectivity index (χ2v) is 16.1. The molecule has 200 valence electrons.